The van der Waals surface area contributed by atoms with Gasteiger partial charge in [-0.1, -0.05) is 0 Å². The molecule has 2 aromatic heterocycles. The van der Waals surface area contributed by atoms with Crippen molar-refractivity contribution in [3.8, 4) is 17.3 Å². The first-order chi connectivity index (χ1) is 6.25. The first-order valence-electron chi connectivity index (χ1n) is 3.71. The van der Waals surface area contributed by atoms with E-state index in [1.54, 1.807) is 13.0 Å². The Kier molecular flexibility index (Phi) is 1.70. The average Bonchev–Trinajstić information content (AvgIpc) is 2.53. The standard InChI is InChI=1S/C8H7N3O2/c1-5-10-11-8(13-5)7-3-2-6(12)4-9-7/h2-4,12H,1H3. The van der Waals surface area contributed by atoms with Crippen LogP contribution in [0.15, 0.2) is 22.7 Å². The molecule has 5 heteroatoms. The van der Waals surface area contributed by atoms with E-state index in [1.807, 2.05) is 0 Å². The van der Waals surface area contributed by atoms with Crippen LogP contribution in [0.3, 0.4) is 0 Å². The molecule has 0 saturated heterocycles. The summed E-state index contributed by atoms with van der Waals surface area (Å²) in [6.45, 7) is 1.71. The zero-order valence-corrected chi connectivity index (χ0v) is 6.93. The summed E-state index contributed by atoms with van der Waals surface area (Å²) in [5, 5.41) is 16.4. The fourth-order valence-electron chi connectivity index (χ4n) is 0.913. The van der Waals surface area contributed by atoms with Crippen LogP contribution in [-0.2, 0) is 0 Å². The van der Waals surface area contributed by atoms with E-state index < -0.39 is 0 Å². The molecule has 2 aromatic rings. The van der Waals surface area contributed by atoms with Crippen molar-refractivity contribution < 1.29 is 9.52 Å². The maximum atomic E-state index is 8.98. The van der Waals surface area contributed by atoms with Crippen molar-refractivity contribution in [2.75, 3.05) is 0 Å². The molecular weight excluding hydrogens is 170 g/mol. The number of hydrogen-bond donors (Lipinski definition) is 1. The van der Waals surface area contributed by atoms with Gasteiger partial charge in [0.1, 0.15) is 11.4 Å². The summed E-state index contributed by atoms with van der Waals surface area (Å²) >= 11 is 0. The Hall–Kier alpha value is -1.91. The van der Waals surface area contributed by atoms with Crippen LogP contribution < -0.4 is 0 Å². The molecule has 0 aliphatic heterocycles. The Bertz CT molecular complexity index is 408. The van der Waals surface area contributed by atoms with Gasteiger partial charge in [-0.2, -0.15) is 0 Å². The number of pyridine rings is 1. The van der Waals surface area contributed by atoms with Gasteiger partial charge in [0.15, 0.2) is 0 Å². The molecule has 0 fully saturated rings. The van der Waals surface area contributed by atoms with Gasteiger partial charge in [0, 0.05) is 6.92 Å². The fraction of sp³-hybridized carbons (Fsp3) is 0.125. The largest absolute Gasteiger partial charge is 0.506 e. The molecule has 0 aliphatic rings. The minimum Gasteiger partial charge on any atom is -0.506 e. The third kappa shape index (κ3) is 1.48. The van der Waals surface area contributed by atoms with E-state index >= 15 is 0 Å². The molecule has 5 nitrogen and oxygen atoms in total. The Morgan fingerprint density at radius 2 is 2.15 bits per heavy atom. The van der Waals surface area contributed by atoms with E-state index in [1.165, 1.54) is 12.3 Å². The second-order valence-electron chi connectivity index (χ2n) is 2.53. The van der Waals surface area contributed by atoms with Crippen LogP contribution in [0.1, 0.15) is 5.89 Å². The van der Waals surface area contributed by atoms with E-state index in [-0.39, 0.29) is 5.75 Å². The van der Waals surface area contributed by atoms with E-state index in [0.717, 1.165) is 0 Å². The molecule has 0 unspecified atom stereocenters. The van der Waals surface area contributed by atoms with Crippen molar-refractivity contribution in [3.05, 3.63) is 24.2 Å². The minimum absolute atomic E-state index is 0.111. The fourth-order valence-corrected chi connectivity index (χ4v) is 0.913. The van der Waals surface area contributed by atoms with E-state index in [9.17, 15) is 0 Å². The van der Waals surface area contributed by atoms with Crippen molar-refractivity contribution in [1.82, 2.24) is 15.2 Å². The molecule has 0 aliphatic carbocycles. The second-order valence-corrected chi connectivity index (χ2v) is 2.53. The van der Waals surface area contributed by atoms with E-state index in [2.05, 4.69) is 15.2 Å². The van der Waals surface area contributed by atoms with Crippen LogP contribution in [0.25, 0.3) is 11.6 Å². The summed E-state index contributed by atoms with van der Waals surface area (Å²) in [7, 11) is 0. The zero-order chi connectivity index (χ0) is 9.26. The average molecular weight is 177 g/mol. The number of hydrogen-bond acceptors (Lipinski definition) is 5. The van der Waals surface area contributed by atoms with Crippen molar-refractivity contribution in [2.45, 2.75) is 6.92 Å². The highest BCUT2D eigenvalue weighted by Crippen LogP contribution is 2.16. The van der Waals surface area contributed by atoms with Gasteiger partial charge < -0.3 is 9.52 Å². The van der Waals surface area contributed by atoms with Gasteiger partial charge in [-0.25, -0.2) is 4.98 Å². The SMILES string of the molecule is Cc1nnc(-c2ccc(O)cn2)o1. The molecule has 0 radical (unpaired) electrons. The van der Waals surface area contributed by atoms with Crippen LogP contribution in [0.5, 0.6) is 5.75 Å². The van der Waals surface area contributed by atoms with Gasteiger partial charge in [-0.3, -0.25) is 0 Å². The summed E-state index contributed by atoms with van der Waals surface area (Å²) < 4.78 is 5.14. The van der Waals surface area contributed by atoms with Crippen LogP contribution in [0, 0.1) is 6.92 Å². The number of rotatable bonds is 1. The van der Waals surface area contributed by atoms with Gasteiger partial charge >= 0.3 is 0 Å². The molecule has 2 rings (SSSR count). The zero-order valence-electron chi connectivity index (χ0n) is 6.93. The van der Waals surface area contributed by atoms with Crippen LogP contribution in [0.4, 0.5) is 0 Å². The molecule has 0 spiro atoms. The second kappa shape index (κ2) is 2.85. The van der Waals surface area contributed by atoms with Crippen molar-refractivity contribution in [3.63, 3.8) is 0 Å². The number of nitrogens with zero attached hydrogens (tertiary/aromatic N) is 3. The summed E-state index contributed by atoms with van der Waals surface area (Å²) in [6, 6.07) is 3.13. The first-order valence-corrected chi connectivity index (χ1v) is 3.71. The van der Waals surface area contributed by atoms with Crippen LogP contribution in [0.2, 0.25) is 0 Å². The minimum atomic E-state index is 0.111. The van der Waals surface area contributed by atoms with E-state index in [4.69, 9.17) is 9.52 Å². The molecule has 0 aromatic carbocycles. The monoisotopic (exact) mass is 177 g/mol. The molecule has 0 atom stereocenters. The molecule has 1 N–H and O–H groups in total. The van der Waals surface area contributed by atoms with Crippen LogP contribution in [-0.4, -0.2) is 20.3 Å². The molecule has 66 valence electrons. The lowest BCUT2D eigenvalue weighted by atomic mass is 10.3. The predicted octanol–water partition coefficient (Wildman–Crippen LogP) is 1.15. The summed E-state index contributed by atoms with van der Waals surface area (Å²) in [4.78, 5) is 3.92. The smallest absolute Gasteiger partial charge is 0.266 e. The summed E-state index contributed by atoms with van der Waals surface area (Å²) in [5.74, 6) is 0.961. The van der Waals surface area contributed by atoms with Crippen molar-refractivity contribution in [2.24, 2.45) is 0 Å². The van der Waals surface area contributed by atoms with Gasteiger partial charge in [-0.15, -0.1) is 10.2 Å². The Balaban J connectivity index is 2.41. The Labute approximate surface area is 74.1 Å². The molecule has 0 saturated carbocycles. The number of aryl methyl sites for hydroxylation is 1. The number of aromatic hydroxyl groups is 1. The van der Waals surface area contributed by atoms with Gasteiger partial charge in [0.05, 0.1) is 6.20 Å². The normalized spacial score (nSPS) is 10.2. The molecule has 0 amide bonds. The number of aromatic nitrogens is 3. The third-order valence-electron chi connectivity index (χ3n) is 1.49. The van der Waals surface area contributed by atoms with Crippen LogP contribution >= 0.6 is 0 Å². The Morgan fingerprint density at radius 1 is 1.31 bits per heavy atom. The lowest BCUT2D eigenvalue weighted by molar-refractivity contribution is 0.472. The molecule has 0 bridgehead atoms. The highest BCUT2D eigenvalue weighted by Gasteiger charge is 2.06. The first kappa shape index (κ1) is 7.72. The van der Waals surface area contributed by atoms with Gasteiger partial charge in [0.25, 0.3) is 5.89 Å². The molecular formula is C8H7N3O2. The summed E-state index contributed by atoms with van der Waals surface area (Å²) in [6.07, 6.45) is 1.33. The predicted molar refractivity (Wildman–Crippen MR) is 43.9 cm³/mol. The Morgan fingerprint density at radius 3 is 2.69 bits per heavy atom. The van der Waals surface area contributed by atoms with Crippen molar-refractivity contribution in [1.29, 1.82) is 0 Å². The van der Waals surface area contributed by atoms with Crippen molar-refractivity contribution >= 4 is 0 Å². The highest BCUT2D eigenvalue weighted by atomic mass is 16.4. The lowest BCUT2D eigenvalue weighted by Crippen LogP contribution is -1.81. The topological polar surface area (TPSA) is 72.0 Å². The highest BCUT2D eigenvalue weighted by molar-refractivity contribution is 5.46. The van der Waals surface area contributed by atoms with E-state index in [0.29, 0.717) is 17.5 Å². The quantitative estimate of drug-likeness (QED) is 0.707. The maximum absolute atomic E-state index is 8.98. The maximum Gasteiger partial charge on any atom is 0.266 e. The van der Waals surface area contributed by atoms with Gasteiger partial charge in [-0.05, 0) is 12.1 Å². The van der Waals surface area contributed by atoms with Gasteiger partial charge in [0.2, 0.25) is 5.89 Å². The summed E-state index contributed by atoms with van der Waals surface area (Å²) in [5.41, 5.74) is 0.554. The molecule has 2 heterocycles. The molecule has 13 heavy (non-hydrogen) atoms. The third-order valence-corrected chi connectivity index (χ3v) is 1.49. The lowest BCUT2D eigenvalue weighted by Gasteiger charge is -1.92.